The number of nitrogens with zero attached hydrogens (tertiary/aromatic N) is 1. The van der Waals surface area contributed by atoms with Gasteiger partial charge in [0.25, 0.3) is 0 Å². The fourth-order valence-corrected chi connectivity index (χ4v) is 3.27. The second-order valence-corrected chi connectivity index (χ2v) is 7.42. The molecule has 0 atom stereocenters. The molecule has 23 heavy (non-hydrogen) atoms. The number of rotatable bonds is 3. The maximum absolute atomic E-state index is 8.90. The van der Waals surface area contributed by atoms with E-state index < -0.39 is 12.7 Å². The highest BCUT2D eigenvalue weighted by Crippen LogP contribution is 2.42. The molecule has 0 bridgehead atoms. The van der Waals surface area contributed by atoms with E-state index in [2.05, 4.69) is 38.1 Å². The number of aryl methyl sites for hydroxylation is 1. The van der Waals surface area contributed by atoms with E-state index >= 15 is 0 Å². The molecule has 0 amide bonds. The minimum absolute atomic E-state index is 0.353. The van der Waals surface area contributed by atoms with Crippen LogP contribution in [0, 0.1) is 12.3 Å². The van der Waals surface area contributed by atoms with Crippen LogP contribution in [0.3, 0.4) is 0 Å². The first-order chi connectivity index (χ1) is 12.5. The minimum Gasteiger partial charge on any atom is -0.345 e. The third-order valence-electron chi connectivity index (χ3n) is 5.12. The van der Waals surface area contributed by atoms with Gasteiger partial charge in [-0.05, 0) is 73.7 Å². The first kappa shape index (κ1) is 11.7. The fourth-order valence-electron chi connectivity index (χ4n) is 3.27. The van der Waals surface area contributed by atoms with Crippen LogP contribution < -0.4 is 4.90 Å². The summed E-state index contributed by atoms with van der Waals surface area (Å²) in [5.74, 6) is -0.478. The van der Waals surface area contributed by atoms with Crippen molar-refractivity contribution in [2.75, 3.05) is 11.9 Å². The van der Waals surface area contributed by atoms with Gasteiger partial charge in [0.15, 0.2) is 0 Å². The van der Waals surface area contributed by atoms with E-state index in [1.165, 1.54) is 0 Å². The van der Waals surface area contributed by atoms with Gasteiger partial charge in [0, 0.05) is 23.9 Å². The first-order valence-electron chi connectivity index (χ1n) is 10.5. The first-order valence-corrected chi connectivity index (χ1v) is 8.45. The lowest BCUT2D eigenvalue weighted by Gasteiger charge is -2.34. The van der Waals surface area contributed by atoms with Crippen molar-refractivity contribution < 1.29 is 5.48 Å². The molecule has 0 saturated heterocycles. The van der Waals surface area contributed by atoms with Crippen molar-refractivity contribution in [3.05, 3.63) is 59.7 Å². The highest BCUT2D eigenvalue weighted by Gasteiger charge is 2.27. The summed E-state index contributed by atoms with van der Waals surface area (Å²) < 4.78 is 31.3. The molecule has 0 N–H and O–H groups in total. The van der Waals surface area contributed by atoms with Gasteiger partial charge < -0.3 is 4.90 Å². The molecule has 1 heteroatoms. The van der Waals surface area contributed by atoms with E-state index in [1.807, 2.05) is 24.1 Å². The maximum Gasteiger partial charge on any atom is 0.0408 e. The number of anilines is 2. The van der Waals surface area contributed by atoms with E-state index in [4.69, 9.17) is 5.48 Å². The molecule has 1 saturated carbocycles. The molecule has 0 heterocycles. The van der Waals surface area contributed by atoms with Crippen LogP contribution in [0.2, 0.25) is 0 Å². The minimum atomic E-state index is -2.07. The molecule has 3 rings (SSSR count). The van der Waals surface area contributed by atoms with Crippen LogP contribution in [0.15, 0.2) is 48.5 Å². The molecule has 1 fully saturated rings. The molecule has 1 nitrogen and oxygen atoms in total. The standard InChI is InChI=1S/C22H29N/c1-17-5-9-20(10-6-17)23(4)21-11-7-18(8-12-21)19-13-15-22(2,3)16-14-19/h5-12,19H,13-16H2,1-4H3/i1D3,19D. The molecule has 1 aliphatic rings. The van der Waals surface area contributed by atoms with E-state index in [1.54, 1.807) is 12.1 Å². The summed E-state index contributed by atoms with van der Waals surface area (Å²) >= 11 is 0. The van der Waals surface area contributed by atoms with E-state index in [0.29, 0.717) is 11.0 Å². The normalized spacial score (nSPS) is 22.4. The topological polar surface area (TPSA) is 3.24 Å². The Morgan fingerprint density at radius 3 is 2.00 bits per heavy atom. The quantitative estimate of drug-likeness (QED) is 0.630. The molecule has 0 unspecified atom stereocenters. The zero-order chi connectivity index (χ0) is 19.9. The summed E-state index contributed by atoms with van der Waals surface area (Å²) in [5.41, 5.74) is 3.76. The van der Waals surface area contributed by atoms with Gasteiger partial charge in [0.1, 0.15) is 0 Å². The van der Waals surface area contributed by atoms with Gasteiger partial charge in [0.2, 0.25) is 0 Å². The second-order valence-electron chi connectivity index (χ2n) is 7.42. The van der Waals surface area contributed by atoms with Crippen molar-refractivity contribution in [1.29, 1.82) is 0 Å². The largest absolute Gasteiger partial charge is 0.345 e. The third kappa shape index (κ3) is 3.77. The van der Waals surface area contributed by atoms with E-state index in [0.717, 1.165) is 42.6 Å². The van der Waals surface area contributed by atoms with Crippen molar-refractivity contribution in [2.45, 2.75) is 52.3 Å². The van der Waals surface area contributed by atoms with E-state index in [9.17, 15) is 0 Å². The van der Waals surface area contributed by atoms with Crippen molar-refractivity contribution >= 4 is 11.4 Å². The third-order valence-corrected chi connectivity index (χ3v) is 5.12. The van der Waals surface area contributed by atoms with Gasteiger partial charge in [-0.15, -0.1) is 0 Å². The summed E-state index contributed by atoms with van der Waals surface area (Å²) in [4.78, 5) is 2.04. The molecule has 2 aromatic carbocycles. The maximum atomic E-state index is 8.90. The van der Waals surface area contributed by atoms with Crippen LogP contribution in [0.1, 0.15) is 62.0 Å². The SMILES string of the molecule is [2H]C([2H])([2H])c1ccc(N(C)c2ccc(C3([2H])CCC(C)(C)CC3)cc2)cc1. The number of hydrogen-bond acceptors (Lipinski definition) is 1. The van der Waals surface area contributed by atoms with Crippen LogP contribution >= 0.6 is 0 Å². The van der Waals surface area contributed by atoms with E-state index in [-0.39, 0.29) is 0 Å². The van der Waals surface area contributed by atoms with Gasteiger partial charge >= 0.3 is 0 Å². The Bertz CT molecular complexity index is 765. The summed E-state index contributed by atoms with van der Waals surface area (Å²) in [7, 11) is 1.97. The van der Waals surface area contributed by atoms with Crippen LogP contribution in [0.5, 0.6) is 0 Å². The highest BCUT2D eigenvalue weighted by atomic mass is 15.1. The van der Waals surface area contributed by atoms with Crippen molar-refractivity contribution in [3.63, 3.8) is 0 Å². The molecule has 0 aromatic heterocycles. The molecule has 122 valence electrons. The Labute approximate surface area is 147 Å². The predicted molar refractivity (Wildman–Crippen MR) is 101 cm³/mol. The van der Waals surface area contributed by atoms with Crippen LogP contribution in [-0.4, -0.2) is 7.05 Å². The molecular formula is C22H29N. The average molecular weight is 312 g/mol. The summed E-state index contributed by atoms with van der Waals surface area (Å²) in [5, 5.41) is 0. The monoisotopic (exact) mass is 311 g/mol. The van der Waals surface area contributed by atoms with Gasteiger partial charge in [-0.25, -0.2) is 0 Å². The Kier molecular flexibility index (Phi) is 3.26. The lowest BCUT2D eigenvalue weighted by atomic mass is 9.71. The summed E-state index contributed by atoms with van der Waals surface area (Å²) in [6.45, 7) is 2.51. The summed E-state index contributed by atoms with van der Waals surface area (Å²) in [6.07, 6.45) is 4.00. The average Bonchev–Trinajstić information content (AvgIpc) is 2.63. The number of hydrogen-bond donors (Lipinski definition) is 0. The Balaban J connectivity index is 1.75. The number of benzene rings is 2. The zero-order valence-electron chi connectivity index (χ0n) is 18.4. The molecule has 1 aliphatic carbocycles. The Morgan fingerprint density at radius 1 is 0.957 bits per heavy atom. The van der Waals surface area contributed by atoms with Crippen LogP contribution in [0.25, 0.3) is 0 Å². The van der Waals surface area contributed by atoms with Gasteiger partial charge in [-0.1, -0.05) is 43.7 Å². The van der Waals surface area contributed by atoms with Crippen LogP contribution in [-0.2, 0) is 0 Å². The van der Waals surface area contributed by atoms with Crippen LogP contribution in [0.4, 0.5) is 11.4 Å². The lowest BCUT2D eigenvalue weighted by molar-refractivity contribution is 0.224. The lowest BCUT2D eigenvalue weighted by Crippen LogP contribution is -2.20. The van der Waals surface area contributed by atoms with Crippen molar-refractivity contribution in [2.24, 2.45) is 5.41 Å². The zero-order valence-corrected chi connectivity index (χ0v) is 14.4. The predicted octanol–water partition coefficient (Wildman–Crippen LogP) is 6.45. The molecule has 0 spiro atoms. The highest BCUT2D eigenvalue weighted by molar-refractivity contribution is 5.62. The second kappa shape index (κ2) is 6.39. The van der Waals surface area contributed by atoms with Gasteiger partial charge in [-0.2, -0.15) is 0 Å². The Morgan fingerprint density at radius 2 is 1.48 bits per heavy atom. The molecule has 0 radical (unpaired) electrons. The fraction of sp³-hybridized carbons (Fsp3) is 0.455. The van der Waals surface area contributed by atoms with Crippen molar-refractivity contribution in [1.82, 2.24) is 0 Å². The Hall–Kier alpha value is -1.76. The smallest absolute Gasteiger partial charge is 0.0408 e. The molecule has 0 aliphatic heterocycles. The van der Waals surface area contributed by atoms with Gasteiger partial charge in [0.05, 0.1) is 0 Å². The van der Waals surface area contributed by atoms with Gasteiger partial charge in [-0.3, -0.25) is 0 Å². The molecular weight excluding hydrogens is 278 g/mol. The van der Waals surface area contributed by atoms with Crippen molar-refractivity contribution in [3.8, 4) is 0 Å². The summed E-state index contributed by atoms with van der Waals surface area (Å²) in [6, 6.07) is 15.3. The molecule has 2 aromatic rings.